The van der Waals surface area contributed by atoms with Gasteiger partial charge in [-0.15, -0.1) is 0 Å². The third-order valence-electron chi connectivity index (χ3n) is 5.76. The summed E-state index contributed by atoms with van der Waals surface area (Å²) in [5, 5.41) is 0.515. The first kappa shape index (κ1) is 21.5. The van der Waals surface area contributed by atoms with Crippen LogP contribution < -0.4 is 5.56 Å². The van der Waals surface area contributed by atoms with Crippen LogP contribution in [0.1, 0.15) is 50.2 Å². The Balaban J connectivity index is 1.62. The van der Waals surface area contributed by atoms with Crippen LogP contribution >= 0.6 is 0 Å². The summed E-state index contributed by atoms with van der Waals surface area (Å²) in [6, 6.07) is 14.4. The number of rotatable bonds is 5. The third-order valence-corrected chi connectivity index (χ3v) is 5.76. The van der Waals surface area contributed by atoms with E-state index in [4.69, 9.17) is 0 Å². The van der Waals surface area contributed by atoms with Crippen molar-refractivity contribution in [3.63, 3.8) is 0 Å². The molecule has 1 atom stereocenters. The number of benzene rings is 2. The number of H-pyrrole nitrogens is 1. The number of nitrogens with zero attached hydrogens (tertiary/aromatic N) is 3. The summed E-state index contributed by atoms with van der Waals surface area (Å²) in [6.45, 7) is 5.53. The van der Waals surface area contributed by atoms with Gasteiger partial charge in [-0.1, -0.05) is 36.4 Å². The molecule has 1 aromatic heterocycles. The van der Waals surface area contributed by atoms with Crippen molar-refractivity contribution in [2.75, 3.05) is 0 Å². The number of fused-ring (bicyclic) bond motifs is 2. The molecule has 0 bridgehead atoms. The van der Waals surface area contributed by atoms with Gasteiger partial charge in [0.1, 0.15) is 5.82 Å². The Kier molecular flexibility index (Phi) is 5.90. The van der Waals surface area contributed by atoms with E-state index in [9.17, 15) is 14.4 Å². The first-order valence-electron chi connectivity index (χ1n) is 10.7. The molecule has 7 heteroatoms. The van der Waals surface area contributed by atoms with E-state index >= 15 is 0 Å². The molecule has 164 valence electrons. The van der Waals surface area contributed by atoms with E-state index in [1.807, 2.05) is 50.3 Å². The highest BCUT2D eigenvalue weighted by molar-refractivity contribution is 5.82. The smallest absolute Gasteiger partial charge is 0.258 e. The zero-order valence-electron chi connectivity index (χ0n) is 18.4. The highest BCUT2D eigenvalue weighted by Gasteiger charge is 2.30. The van der Waals surface area contributed by atoms with Crippen LogP contribution in [0.25, 0.3) is 17.0 Å². The number of para-hydroxylation sites is 1. The van der Waals surface area contributed by atoms with Crippen molar-refractivity contribution < 1.29 is 9.59 Å². The highest BCUT2D eigenvalue weighted by atomic mass is 16.2. The summed E-state index contributed by atoms with van der Waals surface area (Å²) in [4.78, 5) is 48.8. The molecule has 1 aliphatic rings. The average Bonchev–Trinajstić information content (AvgIpc) is 2.77. The minimum atomic E-state index is -0.383. The van der Waals surface area contributed by atoms with Gasteiger partial charge in [0.25, 0.3) is 5.56 Å². The first-order chi connectivity index (χ1) is 15.3. The molecular formula is C25H26N4O3. The summed E-state index contributed by atoms with van der Waals surface area (Å²) in [5.74, 6) is 0.199. The van der Waals surface area contributed by atoms with E-state index in [2.05, 4.69) is 9.97 Å². The lowest BCUT2D eigenvalue weighted by Gasteiger charge is -2.34. The number of hydrogen-bond donors (Lipinski definition) is 1. The first-order valence-corrected chi connectivity index (χ1v) is 10.7. The van der Waals surface area contributed by atoms with Gasteiger partial charge >= 0.3 is 0 Å². The number of carbonyl (C=O) groups is 2. The third kappa shape index (κ3) is 4.19. The van der Waals surface area contributed by atoms with Crippen LogP contribution in [0, 0.1) is 0 Å². The van der Waals surface area contributed by atoms with Gasteiger partial charge in [-0.25, -0.2) is 4.98 Å². The predicted octanol–water partition coefficient (Wildman–Crippen LogP) is 3.62. The van der Waals surface area contributed by atoms with Crippen LogP contribution in [-0.4, -0.2) is 37.6 Å². The molecule has 3 aromatic rings. The molecule has 7 nitrogen and oxygen atoms in total. The van der Waals surface area contributed by atoms with Gasteiger partial charge < -0.3 is 14.8 Å². The maximum atomic E-state index is 13.4. The predicted molar refractivity (Wildman–Crippen MR) is 123 cm³/mol. The zero-order chi connectivity index (χ0) is 22.8. The van der Waals surface area contributed by atoms with Crippen molar-refractivity contribution in [3.8, 4) is 0 Å². The normalized spacial score (nSPS) is 15.1. The lowest BCUT2D eigenvalue weighted by atomic mass is 9.93. The van der Waals surface area contributed by atoms with Crippen LogP contribution in [0.4, 0.5) is 0 Å². The summed E-state index contributed by atoms with van der Waals surface area (Å²) < 4.78 is 0. The molecule has 1 unspecified atom stereocenters. The molecule has 1 aliphatic heterocycles. The van der Waals surface area contributed by atoms with Gasteiger partial charge in [0.05, 0.1) is 29.9 Å². The Morgan fingerprint density at radius 2 is 1.84 bits per heavy atom. The van der Waals surface area contributed by atoms with E-state index < -0.39 is 0 Å². The Morgan fingerprint density at radius 3 is 2.59 bits per heavy atom. The van der Waals surface area contributed by atoms with Gasteiger partial charge in [-0.05, 0) is 43.2 Å². The van der Waals surface area contributed by atoms with E-state index in [0.29, 0.717) is 16.7 Å². The molecule has 0 saturated carbocycles. The van der Waals surface area contributed by atoms with Gasteiger partial charge in [0.2, 0.25) is 11.8 Å². The lowest BCUT2D eigenvalue weighted by Crippen LogP contribution is -2.41. The molecule has 1 N–H and O–H groups in total. The molecule has 2 aromatic carbocycles. The van der Waals surface area contributed by atoms with Gasteiger partial charge in [-0.3, -0.25) is 14.4 Å². The number of aromatic amines is 1. The topological polar surface area (TPSA) is 86.4 Å². The Bertz CT molecular complexity index is 1260. The van der Waals surface area contributed by atoms with E-state index in [1.165, 1.54) is 6.92 Å². The molecule has 0 saturated heterocycles. The van der Waals surface area contributed by atoms with Gasteiger partial charge in [0.15, 0.2) is 0 Å². The summed E-state index contributed by atoms with van der Waals surface area (Å²) in [5.41, 5.74) is 2.31. The maximum absolute atomic E-state index is 13.4. The van der Waals surface area contributed by atoms with Crippen molar-refractivity contribution in [2.24, 2.45) is 0 Å². The van der Waals surface area contributed by atoms with Crippen LogP contribution in [0.15, 0.2) is 59.5 Å². The second-order valence-electron chi connectivity index (χ2n) is 8.24. The fraction of sp³-hybridized carbons (Fsp3) is 0.280. The van der Waals surface area contributed by atoms with Crippen molar-refractivity contribution in [1.82, 2.24) is 19.8 Å². The Morgan fingerprint density at radius 1 is 1.12 bits per heavy atom. The summed E-state index contributed by atoms with van der Waals surface area (Å²) in [6.07, 6.45) is 3.77. The zero-order valence-corrected chi connectivity index (χ0v) is 18.4. The Labute approximate surface area is 186 Å². The number of carbonyl (C=O) groups excluding carboxylic acids is 2. The molecule has 2 amide bonds. The number of hydrogen-bond acceptors (Lipinski definition) is 4. The van der Waals surface area contributed by atoms with Gasteiger partial charge in [-0.2, -0.15) is 0 Å². The van der Waals surface area contributed by atoms with Crippen LogP contribution in [0.2, 0.25) is 0 Å². The Hall–Kier alpha value is -3.74. The second kappa shape index (κ2) is 8.78. The fourth-order valence-electron chi connectivity index (χ4n) is 4.13. The highest BCUT2D eigenvalue weighted by Crippen LogP contribution is 2.33. The SMILES string of the molecule is CC(=O)N1C=Cc2ccccc2C1CC(=O)N(Cc1nc2ccccc2c(=O)[nH]1)C(C)C. The molecular weight excluding hydrogens is 404 g/mol. The number of nitrogens with one attached hydrogen (secondary N) is 1. The summed E-state index contributed by atoms with van der Waals surface area (Å²) >= 11 is 0. The molecule has 32 heavy (non-hydrogen) atoms. The van der Waals surface area contributed by atoms with Crippen molar-refractivity contribution in [3.05, 3.63) is 82.0 Å². The van der Waals surface area contributed by atoms with Crippen molar-refractivity contribution in [2.45, 2.75) is 45.8 Å². The van der Waals surface area contributed by atoms with Crippen molar-refractivity contribution in [1.29, 1.82) is 0 Å². The molecule has 0 spiro atoms. The van der Waals surface area contributed by atoms with Crippen LogP contribution in [-0.2, 0) is 16.1 Å². The molecule has 0 aliphatic carbocycles. The lowest BCUT2D eigenvalue weighted by molar-refractivity contribution is -0.136. The van der Waals surface area contributed by atoms with Crippen molar-refractivity contribution >= 4 is 28.8 Å². The quantitative estimate of drug-likeness (QED) is 0.670. The molecule has 2 heterocycles. The monoisotopic (exact) mass is 430 g/mol. The standard InChI is InChI=1S/C25H26N4O3/c1-16(2)29(15-23-26-21-11-7-6-10-20(21)25(32)27-23)24(31)14-22-19-9-5-4-8-18(19)12-13-28(22)17(3)30/h4-13,16,22H,14-15H2,1-3H3,(H,26,27,32). The van der Waals surface area contributed by atoms with E-state index in [0.717, 1.165) is 11.1 Å². The largest absolute Gasteiger partial charge is 0.333 e. The molecule has 4 rings (SSSR count). The second-order valence-corrected chi connectivity index (χ2v) is 8.24. The fourth-order valence-corrected chi connectivity index (χ4v) is 4.13. The summed E-state index contributed by atoms with van der Waals surface area (Å²) in [7, 11) is 0. The van der Waals surface area contributed by atoms with Crippen LogP contribution in [0.3, 0.4) is 0 Å². The average molecular weight is 431 g/mol. The minimum Gasteiger partial charge on any atom is -0.333 e. The number of amides is 2. The molecule has 0 fully saturated rings. The van der Waals surface area contributed by atoms with E-state index in [1.54, 1.807) is 34.2 Å². The molecule has 0 radical (unpaired) electrons. The maximum Gasteiger partial charge on any atom is 0.258 e. The van der Waals surface area contributed by atoms with Crippen LogP contribution in [0.5, 0.6) is 0 Å². The van der Waals surface area contributed by atoms with Gasteiger partial charge in [0, 0.05) is 19.2 Å². The minimum absolute atomic E-state index is 0.112. The number of aromatic nitrogens is 2. The van der Waals surface area contributed by atoms with E-state index in [-0.39, 0.29) is 42.4 Å².